The molecule has 0 spiro atoms. The minimum absolute atomic E-state index is 0. The van der Waals surface area contributed by atoms with Crippen molar-refractivity contribution >= 4 is 29.1 Å². The van der Waals surface area contributed by atoms with Gasteiger partial charge in [-0.3, -0.25) is 4.79 Å². The van der Waals surface area contributed by atoms with Crippen molar-refractivity contribution in [3.63, 3.8) is 0 Å². The van der Waals surface area contributed by atoms with Gasteiger partial charge in [-0.05, 0) is 42.6 Å². The first kappa shape index (κ1) is 20.5. The molecule has 0 aliphatic heterocycles. The first-order valence-corrected chi connectivity index (χ1v) is 9.28. The molecule has 1 aliphatic carbocycles. The van der Waals surface area contributed by atoms with Crippen molar-refractivity contribution in [3.8, 4) is 5.75 Å². The van der Waals surface area contributed by atoms with Crippen molar-refractivity contribution in [1.82, 2.24) is 4.90 Å². The standard InChI is InChI=1S/C21H28N2O2.ClH/c1-25-20-13-12-16-7-2-5-10-18(16)19(20)15-23(17-8-3-4-9-17)21(24)11-6-14-22;/h2,5,7,10,12-13,17H,3-4,6,8-9,11,14-15,22H2,1H3;1H. The monoisotopic (exact) mass is 376 g/mol. The number of hydrogen-bond donors (Lipinski definition) is 1. The number of methoxy groups -OCH3 is 1. The van der Waals surface area contributed by atoms with Gasteiger partial charge in [-0.15, -0.1) is 12.4 Å². The van der Waals surface area contributed by atoms with Crippen molar-refractivity contribution in [2.45, 2.75) is 51.1 Å². The highest BCUT2D eigenvalue weighted by Crippen LogP contribution is 2.32. The maximum absolute atomic E-state index is 12.9. The van der Waals surface area contributed by atoms with E-state index in [2.05, 4.69) is 23.1 Å². The molecule has 2 N–H and O–H groups in total. The third kappa shape index (κ3) is 4.49. The summed E-state index contributed by atoms with van der Waals surface area (Å²) in [4.78, 5) is 14.9. The van der Waals surface area contributed by atoms with E-state index in [1.165, 1.54) is 18.2 Å². The number of amides is 1. The molecule has 0 bridgehead atoms. The van der Waals surface area contributed by atoms with Crippen molar-refractivity contribution in [2.75, 3.05) is 13.7 Å². The van der Waals surface area contributed by atoms with Gasteiger partial charge in [0.1, 0.15) is 5.75 Å². The fraction of sp³-hybridized carbons (Fsp3) is 0.476. The fourth-order valence-corrected chi connectivity index (χ4v) is 3.87. The Balaban J connectivity index is 0.00000243. The molecule has 1 amide bonds. The van der Waals surface area contributed by atoms with Gasteiger partial charge in [0, 0.05) is 18.0 Å². The summed E-state index contributed by atoms with van der Waals surface area (Å²) in [7, 11) is 1.70. The summed E-state index contributed by atoms with van der Waals surface area (Å²) >= 11 is 0. The van der Waals surface area contributed by atoms with Gasteiger partial charge in [-0.1, -0.05) is 43.2 Å². The van der Waals surface area contributed by atoms with E-state index in [4.69, 9.17) is 10.5 Å². The summed E-state index contributed by atoms with van der Waals surface area (Å²) in [5.41, 5.74) is 6.72. The Kier molecular flexibility index (Phi) is 7.73. The molecule has 1 aliphatic rings. The van der Waals surface area contributed by atoms with E-state index in [0.29, 0.717) is 25.6 Å². The molecule has 2 aromatic carbocycles. The Bertz CT molecular complexity index is 729. The van der Waals surface area contributed by atoms with E-state index >= 15 is 0 Å². The van der Waals surface area contributed by atoms with Crippen LogP contribution in [0.25, 0.3) is 10.8 Å². The van der Waals surface area contributed by atoms with Crippen LogP contribution in [0.1, 0.15) is 44.1 Å². The van der Waals surface area contributed by atoms with E-state index in [9.17, 15) is 4.79 Å². The van der Waals surface area contributed by atoms with Crippen LogP contribution in [-0.4, -0.2) is 30.5 Å². The minimum Gasteiger partial charge on any atom is -0.496 e. The predicted molar refractivity (Wildman–Crippen MR) is 109 cm³/mol. The van der Waals surface area contributed by atoms with E-state index in [-0.39, 0.29) is 18.3 Å². The molecule has 1 saturated carbocycles. The Hall–Kier alpha value is -1.78. The molecule has 26 heavy (non-hydrogen) atoms. The molecular formula is C21H29ClN2O2. The van der Waals surface area contributed by atoms with Crippen molar-refractivity contribution in [1.29, 1.82) is 0 Å². The Morgan fingerprint density at radius 3 is 2.62 bits per heavy atom. The van der Waals surface area contributed by atoms with Crippen LogP contribution in [-0.2, 0) is 11.3 Å². The zero-order valence-electron chi connectivity index (χ0n) is 15.4. The second kappa shape index (κ2) is 9.79. The molecule has 0 radical (unpaired) electrons. The lowest BCUT2D eigenvalue weighted by Crippen LogP contribution is -2.38. The molecule has 0 heterocycles. The number of fused-ring (bicyclic) bond motifs is 1. The largest absolute Gasteiger partial charge is 0.496 e. The van der Waals surface area contributed by atoms with Gasteiger partial charge in [0.25, 0.3) is 0 Å². The van der Waals surface area contributed by atoms with Gasteiger partial charge in [0.15, 0.2) is 0 Å². The highest BCUT2D eigenvalue weighted by Gasteiger charge is 2.27. The molecule has 0 atom stereocenters. The van der Waals surface area contributed by atoms with Crippen LogP contribution >= 0.6 is 12.4 Å². The van der Waals surface area contributed by atoms with Gasteiger partial charge in [0.05, 0.1) is 13.7 Å². The van der Waals surface area contributed by atoms with Crippen molar-refractivity contribution in [3.05, 3.63) is 42.0 Å². The number of carbonyl (C=O) groups excluding carboxylic acids is 1. The van der Waals surface area contributed by atoms with Crippen LogP contribution in [0, 0.1) is 0 Å². The number of rotatable bonds is 7. The van der Waals surface area contributed by atoms with Gasteiger partial charge in [-0.25, -0.2) is 0 Å². The second-order valence-corrected chi connectivity index (χ2v) is 6.82. The maximum Gasteiger partial charge on any atom is 0.223 e. The molecule has 142 valence electrons. The second-order valence-electron chi connectivity index (χ2n) is 6.82. The molecule has 2 aromatic rings. The van der Waals surface area contributed by atoms with Crippen LogP contribution < -0.4 is 10.5 Å². The Morgan fingerprint density at radius 1 is 1.19 bits per heavy atom. The molecule has 0 saturated heterocycles. The van der Waals surface area contributed by atoms with Crippen LogP contribution in [0.3, 0.4) is 0 Å². The molecule has 3 rings (SSSR count). The third-order valence-corrected chi connectivity index (χ3v) is 5.23. The SMILES string of the molecule is COc1ccc2ccccc2c1CN(C(=O)CCCN)C1CCCC1.Cl. The zero-order chi connectivity index (χ0) is 17.6. The summed E-state index contributed by atoms with van der Waals surface area (Å²) in [6.07, 6.45) is 5.88. The Labute approximate surface area is 162 Å². The highest BCUT2D eigenvalue weighted by atomic mass is 35.5. The normalized spacial score (nSPS) is 14.2. The number of halogens is 1. The first-order valence-electron chi connectivity index (χ1n) is 9.28. The molecule has 4 nitrogen and oxygen atoms in total. The average Bonchev–Trinajstić information content (AvgIpc) is 3.18. The average molecular weight is 377 g/mol. The van der Waals surface area contributed by atoms with E-state index in [1.807, 2.05) is 18.2 Å². The molecular weight excluding hydrogens is 348 g/mol. The number of carbonyl (C=O) groups is 1. The lowest BCUT2D eigenvalue weighted by molar-refractivity contribution is -0.134. The fourth-order valence-electron chi connectivity index (χ4n) is 3.87. The van der Waals surface area contributed by atoms with Gasteiger partial charge in [-0.2, -0.15) is 0 Å². The van der Waals surface area contributed by atoms with Crippen molar-refractivity contribution < 1.29 is 9.53 Å². The highest BCUT2D eigenvalue weighted by molar-refractivity contribution is 5.88. The number of ether oxygens (including phenoxy) is 1. The summed E-state index contributed by atoms with van der Waals surface area (Å²) in [6.45, 7) is 1.17. The lowest BCUT2D eigenvalue weighted by Gasteiger charge is -2.30. The molecule has 0 aromatic heterocycles. The molecule has 5 heteroatoms. The molecule has 1 fully saturated rings. The third-order valence-electron chi connectivity index (χ3n) is 5.23. The van der Waals surface area contributed by atoms with Crippen LogP contribution in [0.4, 0.5) is 0 Å². The number of nitrogens with zero attached hydrogens (tertiary/aromatic N) is 1. The summed E-state index contributed by atoms with van der Waals surface area (Å²) < 4.78 is 5.62. The van der Waals surface area contributed by atoms with Crippen LogP contribution in [0.2, 0.25) is 0 Å². The molecule has 0 unspecified atom stereocenters. The number of hydrogen-bond acceptors (Lipinski definition) is 3. The number of nitrogens with two attached hydrogens (primary N) is 1. The summed E-state index contributed by atoms with van der Waals surface area (Å²) in [5, 5.41) is 2.34. The van der Waals surface area contributed by atoms with E-state index in [0.717, 1.165) is 36.0 Å². The summed E-state index contributed by atoms with van der Waals surface area (Å²) in [5.74, 6) is 1.07. The maximum atomic E-state index is 12.9. The van der Waals surface area contributed by atoms with Crippen molar-refractivity contribution in [2.24, 2.45) is 5.73 Å². The lowest BCUT2D eigenvalue weighted by atomic mass is 10.0. The number of benzene rings is 2. The quantitative estimate of drug-likeness (QED) is 0.784. The Morgan fingerprint density at radius 2 is 1.92 bits per heavy atom. The first-order chi connectivity index (χ1) is 12.2. The van der Waals surface area contributed by atoms with Crippen LogP contribution in [0.15, 0.2) is 36.4 Å². The smallest absolute Gasteiger partial charge is 0.223 e. The van der Waals surface area contributed by atoms with E-state index < -0.39 is 0 Å². The van der Waals surface area contributed by atoms with Crippen LogP contribution in [0.5, 0.6) is 5.75 Å². The summed E-state index contributed by atoms with van der Waals surface area (Å²) in [6, 6.07) is 12.7. The van der Waals surface area contributed by atoms with E-state index in [1.54, 1.807) is 7.11 Å². The predicted octanol–water partition coefficient (Wildman–Crippen LogP) is 4.28. The van der Waals surface area contributed by atoms with Gasteiger partial charge < -0.3 is 15.4 Å². The van der Waals surface area contributed by atoms with Gasteiger partial charge >= 0.3 is 0 Å². The zero-order valence-corrected chi connectivity index (χ0v) is 16.3. The minimum atomic E-state index is 0. The van der Waals surface area contributed by atoms with Gasteiger partial charge in [0.2, 0.25) is 5.91 Å². The topological polar surface area (TPSA) is 55.6 Å².